The molecule has 0 aliphatic rings. The normalized spacial score (nSPS) is 13.7. The van der Waals surface area contributed by atoms with E-state index in [1.54, 1.807) is 26.1 Å². The van der Waals surface area contributed by atoms with Gasteiger partial charge in [-0.05, 0) is 49.3 Å². The number of allylic oxidation sites excluding steroid dienone is 3. The topological polar surface area (TPSA) is 12.4 Å². The Kier molecular flexibility index (Phi) is 5.10. The van der Waals surface area contributed by atoms with Gasteiger partial charge in [0.05, 0.1) is 11.3 Å². The smallest absolute Gasteiger partial charge is 0.289 e. The van der Waals surface area contributed by atoms with E-state index in [1.165, 1.54) is 6.07 Å². The number of aryl methyl sites for hydroxylation is 1. The van der Waals surface area contributed by atoms with E-state index in [4.69, 9.17) is 0 Å². The van der Waals surface area contributed by atoms with Gasteiger partial charge in [-0.1, -0.05) is 18.2 Å². The van der Waals surface area contributed by atoms with Crippen LogP contribution in [0, 0.1) is 6.92 Å². The maximum atomic E-state index is 12.5. The summed E-state index contributed by atoms with van der Waals surface area (Å²) in [5, 5.41) is 0. The Morgan fingerprint density at radius 1 is 1.21 bits per heavy atom. The van der Waals surface area contributed by atoms with E-state index in [2.05, 4.69) is 4.99 Å². The summed E-state index contributed by atoms with van der Waals surface area (Å²) >= 11 is 0. The number of benzene rings is 1. The van der Waals surface area contributed by atoms with E-state index in [-0.39, 0.29) is 0 Å². The Bertz CT molecular complexity index is 523. The van der Waals surface area contributed by atoms with Crippen LogP contribution in [-0.2, 0) is 6.18 Å². The molecular weight excluding hydrogens is 251 g/mol. The summed E-state index contributed by atoms with van der Waals surface area (Å²) in [5.41, 5.74) is 1.47. The van der Waals surface area contributed by atoms with Crippen molar-refractivity contribution in [2.24, 2.45) is 4.99 Å². The van der Waals surface area contributed by atoms with Crippen molar-refractivity contribution >= 4 is 11.8 Å². The molecule has 1 aromatic carbocycles. The summed E-state index contributed by atoms with van der Waals surface area (Å²) < 4.78 is 37.6. The van der Waals surface area contributed by atoms with Crippen molar-refractivity contribution in [3.8, 4) is 0 Å². The zero-order valence-corrected chi connectivity index (χ0v) is 11.1. The highest BCUT2D eigenvalue weighted by Crippen LogP contribution is 2.30. The van der Waals surface area contributed by atoms with Crippen LogP contribution in [0.15, 0.2) is 41.4 Å². The fourth-order valence-electron chi connectivity index (χ4n) is 1.59. The molecule has 0 aromatic heterocycles. The van der Waals surface area contributed by atoms with E-state index >= 15 is 0 Å². The lowest BCUT2D eigenvalue weighted by Gasteiger charge is -2.08. The summed E-state index contributed by atoms with van der Waals surface area (Å²) in [6.45, 7) is 3.54. The monoisotopic (exact) mass is 267 g/mol. The molecule has 0 saturated heterocycles. The van der Waals surface area contributed by atoms with Crippen LogP contribution in [0.2, 0.25) is 0 Å². The van der Waals surface area contributed by atoms with Gasteiger partial charge in [0.15, 0.2) is 0 Å². The first kappa shape index (κ1) is 15.2. The summed E-state index contributed by atoms with van der Waals surface area (Å²) in [7, 11) is 1.67. The van der Waals surface area contributed by atoms with Crippen molar-refractivity contribution in [1.29, 1.82) is 0 Å². The van der Waals surface area contributed by atoms with Crippen molar-refractivity contribution in [2.75, 3.05) is 7.05 Å². The quantitative estimate of drug-likeness (QED) is 0.705. The first-order chi connectivity index (χ1) is 8.88. The van der Waals surface area contributed by atoms with E-state index in [0.29, 0.717) is 5.56 Å². The molecule has 0 fully saturated rings. The highest BCUT2D eigenvalue weighted by Gasteiger charge is 2.30. The molecule has 4 heteroatoms. The fourth-order valence-corrected chi connectivity index (χ4v) is 1.59. The minimum absolute atomic E-state index is 0.585. The first-order valence-electron chi connectivity index (χ1n) is 5.84. The average Bonchev–Trinajstić information content (AvgIpc) is 2.34. The van der Waals surface area contributed by atoms with Crippen LogP contribution in [0.3, 0.4) is 0 Å². The Labute approximate surface area is 111 Å². The van der Waals surface area contributed by atoms with Gasteiger partial charge in [-0.15, -0.1) is 0 Å². The molecule has 0 radical (unpaired) electrons. The number of nitrogens with zero attached hydrogens (tertiary/aromatic N) is 1. The lowest BCUT2D eigenvalue weighted by atomic mass is 10.0. The van der Waals surface area contributed by atoms with E-state index in [9.17, 15) is 13.2 Å². The number of hydrogen-bond donors (Lipinski definition) is 0. The Hall–Kier alpha value is -1.84. The molecule has 0 saturated carbocycles. The van der Waals surface area contributed by atoms with Gasteiger partial charge in [-0.2, -0.15) is 13.2 Å². The first-order valence-corrected chi connectivity index (χ1v) is 5.84. The van der Waals surface area contributed by atoms with E-state index in [0.717, 1.165) is 23.4 Å². The summed E-state index contributed by atoms with van der Waals surface area (Å²) in [6.07, 6.45) is 2.92. The molecule has 0 heterocycles. The standard InChI is InChI=1S/C15H16F3N/c1-4-5-14(19-3)9-7-12-6-8-13(10-11(12)2)15(16,17)18/h4-10H,1-3H3/b5-4-,9-7+,19-14?. The second-order valence-electron chi connectivity index (χ2n) is 4.05. The molecular formula is C15H16F3N. The molecule has 0 bridgehead atoms. The second-order valence-corrected chi connectivity index (χ2v) is 4.05. The molecule has 0 amide bonds. The number of aliphatic imine (C=N–C) groups is 1. The van der Waals surface area contributed by atoms with Crippen LogP contribution < -0.4 is 0 Å². The molecule has 19 heavy (non-hydrogen) atoms. The summed E-state index contributed by atoms with van der Waals surface area (Å²) in [6, 6.07) is 3.71. The minimum atomic E-state index is -4.30. The number of halogens is 3. The predicted molar refractivity (Wildman–Crippen MR) is 73.4 cm³/mol. The van der Waals surface area contributed by atoms with Gasteiger partial charge in [-0.25, -0.2) is 0 Å². The van der Waals surface area contributed by atoms with E-state index in [1.807, 2.05) is 19.1 Å². The van der Waals surface area contributed by atoms with Gasteiger partial charge in [0, 0.05) is 7.05 Å². The lowest BCUT2D eigenvalue weighted by molar-refractivity contribution is -0.137. The van der Waals surface area contributed by atoms with Crippen LogP contribution in [0.25, 0.3) is 6.08 Å². The third kappa shape index (κ3) is 4.39. The van der Waals surface area contributed by atoms with Crippen molar-refractivity contribution in [3.63, 3.8) is 0 Å². The highest BCUT2D eigenvalue weighted by atomic mass is 19.4. The number of alkyl halides is 3. The van der Waals surface area contributed by atoms with Crippen molar-refractivity contribution in [1.82, 2.24) is 0 Å². The molecule has 0 aliphatic heterocycles. The predicted octanol–water partition coefficient (Wildman–Crippen LogP) is 4.67. The van der Waals surface area contributed by atoms with Gasteiger partial charge in [0.2, 0.25) is 0 Å². The molecule has 0 aliphatic carbocycles. The second kappa shape index (κ2) is 6.36. The summed E-state index contributed by atoms with van der Waals surface area (Å²) in [4.78, 5) is 4.04. The zero-order valence-electron chi connectivity index (χ0n) is 11.1. The largest absolute Gasteiger partial charge is 0.416 e. The SMILES string of the molecule is C/C=C\C(/C=C/c1ccc(C(F)(F)F)cc1C)=NC. The zero-order chi connectivity index (χ0) is 14.5. The Morgan fingerprint density at radius 2 is 1.89 bits per heavy atom. The third-order valence-electron chi connectivity index (χ3n) is 2.63. The molecule has 0 atom stereocenters. The van der Waals surface area contributed by atoms with Gasteiger partial charge in [0.25, 0.3) is 0 Å². The highest BCUT2D eigenvalue weighted by molar-refractivity contribution is 6.06. The van der Waals surface area contributed by atoms with Gasteiger partial charge < -0.3 is 0 Å². The molecule has 1 aromatic rings. The molecule has 1 nitrogen and oxygen atoms in total. The van der Waals surface area contributed by atoms with Crippen molar-refractivity contribution < 1.29 is 13.2 Å². The van der Waals surface area contributed by atoms with Gasteiger partial charge in [-0.3, -0.25) is 4.99 Å². The van der Waals surface area contributed by atoms with Crippen LogP contribution in [0.1, 0.15) is 23.6 Å². The minimum Gasteiger partial charge on any atom is -0.289 e. The van der Waals surface area contributed by atoms with Crippen LogP contribution >= 0.6 is 0 Å². The van der Waals surface area contributed by atoms with Crippen molar-refractivity contribution in [3.05, 3.63) is 53.1 Å². The van der Waals surface area contributed by atoms with Crippen LogP contribution in [0.4, 0.5) is 13.2 Å². The van der Waals surface area contributed by atoms with Crippen LogP contribution in [0.5, 0.6) is 0 Å². The number of hydrogen-bond acceptors (Lipinski definition) is 1. The average molecular weight is 267 g/mol. The fraction of sp³-hybridized carbons (Fsp3) is 0.267. The molecule has 0 unspecified atom stereocenters. The van der Waals surface area contributed by atoms with Gasteiger partial charge >= 0.3 is 6.18 Å². The molecule has 0 spiro atoms. The Morgan fingerprint density at radius 3 is 2.37 bits per heavy atom. The number of rotatable bonds is 3. The maximum Gasteiger partial charge on any atom is 0.416 e. The van der Waals surface area contributed by atoms with Gasteiger partial charge in [0.1, 0.15) is 0 Å². The molecule has 102 valence electrons. The van der Waals surface area contributed by atoms with Crippen molar-refractivity contribution in [2.45, 2.75) is 20.0 Å². The molecule has 0 N–H and O–H groups in total. The summed E-state index contributed by atoms with van der Waals surface area (Å²) in [5.74, 6) is 0. The van der Waals surface area contributed by atoms with E-state index < -0.39 is 11.7 Å². The lowest BCUT2D eigenvalue weighted by Crippen LogP contribution is -2.05. The molecule has 1 rings (SSSR count). The maximum absolute atomic E-state index is 12.5. The third-order valence-corrected chi connectivity index (χ3v) is 2.63. The Balaban J connectivity index is 3.02. The van der Waals surface area contributed by atoms with Crippen LogP contribution in [-0.4, -0.2) is 12.8 Å².